The maximum Gasteiger partial charge on any atom is 0.145 e. The summed E-state index contributed by atoms with van der Waals surface area (Å²) in [6, 6.07) is 41.4. The van der Waals surface area contributed by atoms with Gasteiger partial charge in [-0.05, 0) is 84.8 Å². The van der Waals surface area contributed by atoms with Crippen LogP contribution in [0.3, 0.4) is 0 Å². The SMILES string of the molecule is [2H]c1c([2H])c([2H])c(-c2nc3ccccc3n2-c2ccccc2-c2c3ccccc3c(-c3ccc4c(c3)C(C([2H])([2H])[2H])(C([2H])([2H])[2H])c3ccccc3-4)c3ccccc23)c([2H])c1[2H]. The number of nitrogens with zero attached hydrogens (tertiary/aromatic N) is 2. The molecule has 2 heteroatoms. The number of aromatic nitrogens is 2. The highest BCUT2D eigenvalue weighted by molar-refractivity contribution is 6.22. The van der Waals surface area contributed by atoms with Crippen molar-refractivity contribution >= 4 is 32.6 Å². The molecule has 236 valence electrons. The number of rotatable bonds is 4. The second-order valence-electron chi connectivity index (χ2n) is 12.7. The topological polar surface area (TPSA) is 17.8 Å². The Labute approximate surface area is 307 Å². The van der Waals surface area contributed by atoms with Crippen LogP contribution in [0.1, 0.15) is 39.9 Å². The lowest BCUT2D eigenvalue weighted by Gasteiger charge is -2.23. The minimum Gasteiger partial charge on any atom is -0.292 e. The molecule has 50 heavy (non-hydrogen) atoms. The Hall–Kier alpha value is -6.25. The Kier molecular flexibility index (Phi) is 4.28. The van der Waals surface area contributed by atoms with E-state index < -0.39 is 37.2 Å². The lowest BCUT2D eigenvalue weighted by atomic mass is 9.80. The van der Waals surface area contributed by atoms with Gasteiger partial charge in [-0.25, -0.2) is 4.98 Å². The first-order valence-electron chi connectivity index (χ1n) is 22.0. The maximum atomic E-state index is 8.93. The molecule has 0 aliphatic heterocycles. The average molecular weight is 650 g/mol. The van der Waals surface area contributed by atoms with E-state index in [0.717, 1.165) is 38.2 Å². The molecule has 0 unspecified atom stereocenters. The largest absolute Gasteiger partial charge is 0.292 e. The molecule has 1 aliphatic carbocycles. The van der Waals surface area contributed by atoms with Crippen LogP contribution in [0.25, 0.3) is 83.0 Å². The second kappa shape index (κ2) is 10.9. The highest BCUT2D eigenvalue weighted by atomic mass is 15.1. The van der Waals surface area contributed by atoms with Crippen molar-refractivity contribution in [2.45, 2.75) is 19.1 Å². The minimum absolute atomic E-state index is 0.0222. The monoisotopic (exact) mass is 649 g/mol. The fourth-order valence-electron chi connectivity index (χ4n) is 7.84. The van der Waals surface area contributed by atoms with Crippen LogP contribution in [-0.2, 0) is 5.41 Å². The molecular weight excluding hydrogens is 605 g/mol. The predicted octanol–water partition coefficient (Wildman–Crippen LogP) is 12.6. The molecule has 0 spiro atoms. The highest BCUT2D eigenvalue weighted by Gasteiger charge is 2.35. The molecular formula is C48H34N2. The number of para-hydroxylation sites is 3. The normalized spacial score (nSPS) is 16.8. The van der Waals surface area contributed by atoms with Gasteiger partial charge in [-0.3, -0.25) is 4.57 Å². The first-order valence-corrected chi connectivity index (χ1v) is 16.5. The van der Waals surface area contributed by atoms with Gasteiger partial charge in [0.25, 0.3) is 0 Å². The summed E-state index contributed by atoms with van der Waals surface area (Å²) in [6.07, 6.45) is 0. The molecule has 0 bridgehead atoms. The van der Waals surface area contributed by atoms with Crippen molar-refractivity contribution in [3.05, 3.63) is 181 Å². The Morgan fingerprint density at radius 3 is 1.88 bits per heavy atom. The van der Waals surface area contributed by atoms with Crippen molar-refractivity contribution in [2.24, 2.45) is 0 Å². The van der Waals surface area contributed by atoms with Gasteiger partial charge < -0.3 is 0 Å². The lowest BCUT2D eigenvalue weighted by Crippen LogP contribution is -2.14. The van der Waals surface area contributed by atoms with E-state index in [4.69, 9.17) is 20.1 Å². The van der Waals surface area contributed by atoms with E-state index in [9.17, 15) is 0 Å². The summed E-state index contributed by atoms with van der Waals surface area (Å²) in [5.74, 6) is 0.196. The summed E-state index contributed by atoms with van der Waals surface area (Å²) in [4.78, 5) is 4.91. The average Bonchev–Trinajstić information content (AvgIpc) is 3.78. The third kappa shape index (κ3) is 4.12. The van der Waals surface area contributed by atoms with Crippen molar-refractivity contribution in [1.82, 2.24) is 9.55 Å². The van der Waals surface area contributed by atoms with Gasteiger partial charge in [-0.2, -0.15) is 0 Å². The Morgan fingerprint density at radius 1 is 0.540 bits per heavy atom. The number of hydrogen-bond donors (Lipinski definition) is 0. The number of imidazole rings is 1. The van der Waals surface area contributed by atoms with Crippen molar-refractivity contribution in [3.63, 3.8) is 0 Å². The van der Waals surface area contributed by atoms with E-state index in [1.165, 1.54) is 0 Å². The van der Waals surface area contributed by atoms with E-state index in [1.807, 2.05) is 114 Å². The molecule has 0 saturated heterocycles. The first-order chi connectivity index (χ1) is 29.2. The Balaban J connectivity index is 1.28. The summed E-state index contributed by atoms with van der Waals surface area (Å²) in [7, 11) is 0. The van der Waals surface area contributed by atoms with Crippen LogP contribution in [-0.4, -0.2) is 9.55 Å². The van der Waals surface area contributed by atoms with Crippen LogP contribution in [0, 0.1) is 0 Å². The number of fused-ring (bicyclic) bond motifs is 6. The van der Waals surface area contributed by atoms with E-state index in [-0.39, 0.29) is 34.6 Å². The molecule has 0 fully saturated rings. The molecule has 9 aromatic rings. The summed E-state index contributed by atoms with van der Waals surface area (Å²) in [5, 5.41) is 3.41. The second-order valence-corrected chi connectivity index (χ2v) is 12.7. The fourth-order valence-corrected chi connectivity index (χ4v) is 7.84. The molecule has 0 atom stereocenters. The van der Waals surface area contributed by atoms with Gasteiger partial charge in [0.05, 0.1) is 23.6 Å². The molecule has 1 aliphatic rings. The van der Waals surface area contributed by atoms with Crippen molar-refractivity contribution in [1.29, 1.82) is 0 Å². The van der Waals surface area contributed by atoms with E-state index in [0.29, 0.717) is 33.4 Å². The van der Waals surface area contributed by atoms with E-state index in [2.05, 4.69) is 0 Å². The standard InChI is InChI=1S/C48H34N2/c1-48(2)40-24-12-10-18-33(40)34-29-28-32(30-41(34)48)45-35-19-6-8-21-37(35)46(38-22-9-7-20-36(38)45)39-23-11-14-26-43(39)50-44-27-15-13-25-42(44)49-47(50)31-16-4-3-5-17-31/h3-30H,1-2H3/i1D3,2D3,3D,4D,5D,16D,17D. The van der Waals surface area contributed by atoms with Crippen molar-refractivity contribution in [2.75, 3.05) is 0 Å². The van der Waals surface area contributed by atoms with Gasteiger partial charge in [0.1, 0.15) is 5.82 Å². The van der Waals surface area contributed by atoms with Crippen molar-refractivity contribution < 1.29 is 15.1 Å². The van der Waals surface area contributed by atoms with Crippen LogP contribution in [0.15, 0.2) is 170 Å². The minimum atomic E-state index is -2.92. The van der Waals surface area contributed by atoms with Crippen LogP contribution < -0.4 is 0 Å². The third-order valence-corrected chi connectivity index (χ3v) is 9.96. The van der Waals surface area contributed by atoms with Gasteiger partial charge in [0.2, 0.25) is 0 Å². The molecule has 8 aromatic carbocycles. The summed E-state index contributed by atoms with van der Waals surface area (Å²) in [5.41, 5.74) is 4.42. The Bertz CT molecular complexity index is 3210. The zero-order valence-electron chi connectivity index (χ0n) is 37.7. The number of hydrogen-bond acceptors (Lipinski definition) is 1. The number of benzene rings is 8. The molecule has 0 radical (unpaired) electrons. The third-order valence-electron chi connectivity index (χ3n) is 9.96. The molecule has 0 N–H and O–H groups in total. The van der Waals surface area contributed by atoms with Crippen LogP contribution in [0.2, 0.25) is 0 Å². The summed E-state index contributed by atoms with van der Waals surface area (Å²) in [6.45, 7) is -5.83. The van der Waals surface area contributed by atoms with Crippen molar-refractivity contribution in [3.8, 4) is 50.5 Å². The molecule has 0 saturated carbocycles. The smallest absolute Gasteiger partial charge is 0.145 e. The fraction of sp³-hybridized carbons (Fsp3) is 0.0625. The maximum absolute atomic E-state index is 8.93. The lowest BCUT2D eigenvalue weighted by molar-refractivity contribution is 0.660. The zero-order chi connectivity index (χ0) is 42.7. The molecule has 1 aromatic heterocycles. The highest BCUT2D eigenvalue weighted by Crippen LogP contribution is 2.51. The molecule has 0 amide bonds. The quantitative estimate of drug-likeness (QED) is 0.174. The van der Waals surface area contributed by atoms with Gasteiger partial charge in [-0.1, -0.05) is 159 Å². The first kappa shape index (κ1) is 19.7. The van der Waals surface area contributed by atoms with Gasteiger partial charge in [-0.15, -0.1) is 0 Å². The van der Waals surface area contributed by atoms with Crippen LogP contribution >= 0.6 is 0 Å². The van der Waals surface area contributed by atoms with Gasteiger partial charge in [0.15, 0.2) is 0 Å². The van der Waals surface area contributed by atoms with E-state index in [1.54, 1.807) is 30.3 Å². The van der Waals surface area contributed by atoms with Crippen LogP contribution in [0.5, 0.6) is 0 Å². The molecule has 1 heterocycles. The van der Waals surface area contributed by atoms with Crippen LogP contribution in [0.4, 0.5) is 0 Å². The zero-order valence-corrected chi connectivity index (χ0v) is 26.7. The Morgan fingerprint density at radius 2 is 1.14 bits per heavy atom. The van der Waals surface area contributed by atoms with E-state index >= 15 is 0 Å². The summed E-state index contributed by atoms with van der Waals surface area (Å²) < 4.78 is 98.0. The predicted molar refractivity (Wildman–Crippen MR) is 210 cm³/mol. The van der Waals surface area contributed by atoms with Gasteiger partial charge >= 0.3 is 0 Å². The molecule has 10 rings (SSSR count). The summed E-state index contributed by atoms with van der Waals surface area (Å²) >= 11 is 0. The molecule has 2 nitrogen and oxygen atoms in total. The van der Waals surface area contributed by atoms with Gasteiger partial charge in [0, 0.05) is 24.8 Å².